The third kappa shape index (κ3) is 2.33. The Morgan fingerprint density at radius 1 is 1.22 bits per heavy atom. The van der Waals surface area contributed by atoms with E-state index in [1.165, 1.54) is 11.3 Å². The Labute approximate surface area is 135 Å². The number of rotatable bonds is 4. The van der Waals surface area contributed by atoms with Gasteiger partial charge in [-0.25, -0.2) is 4.98 Å². The molecule has 4 aromatic rings. The van der Waals surface area contributed by atoms with Crippen molar-refractivity contribution in [1.29, 1.82) is 0 Å². The van der Waals surface area contributed by atoms with Gasteiger partial charge in [0.05, 0.1) is 11.3 Å². The van der Waals surface area contributed by atoms with Crippen LogP contribution in [0.5, 0.6) is 0 Å². The van der Waals surface area contributed by atoms with Crippen molar-refractivity contribution < 1.29 is 4.42 Å². The predicted octanol–water partition coefficient (Wildman–Crippen LogP) is 2.73. The Morgan fingerprint density at radius 3 is 2.83 bits per heavy atom. The van der Waals surface area contributed by atoms with E-state index in [1.54, 1.807) is 17.7 Å². The van der Waals surface area contributed by atoms with Crippen LogP contribution in [-0.2, 0) is 6.54 Å². The molecule has 4 heterocycles. The summed E-state index contributed by atoms with van der Waals surface area (Å²) >= 11 is 1.43. The second-order valence-electron chi connectivity index (χ2n) is 5.27. The van der Waals surface area contributed by atoms with Crippen LogP contribution >= 0.6 is 11.3 Å². The van der Waals surface area contributed by atoms with Crippen molar-refractivity contribution >= 4 is 16.3 Å². The summed E-state index contributed by atoms with van der Waals surface area (Å²) in [6, 6.07) is 0. The summed E-state index contributed by atoms with van der Waals surface area (Å²) in [6.45, 7) is 6.78. The van der Waals surface area contributed by atoms with Crippen molar-refractivity contribution in [1.82, 2.24) is 34.6 Å². The van der Waals surface area contributed by atoms with E-state index in [9.17, 15) is 0 Å². The molecule has 0 atom stereocenters. The molecule has 8 nitrogen and oxygen atoms in total. The number of hydrogen-bond donors (Lipinski definition) is 0. The minimum Gasteiger partial charge on any atom is -0.449 e. The molecule has 0 fully saturated rings. The lowest BCUT2D eigenvalue weighted by atomic mass is 10.2. The SMILES string of the molecule is CCCn1cc(-c2nnc3sc(-c4coc(C)n4)nn23)c(C)n1. The highest BCUT2D eigenvalue weighted by atomic mass is 32.1. The van der Waals surface area contributed by atoms with Crippen LogP contribution in [0, 0.1) is 13.8 Å². The molecule has 0 amide bonds. The van der Waals surface area contributed by atoms with Gasteiger partial charge in [-0.3, -0.25) is 4.68 Å². The smallest absolute Gasteiger partial charge is 0.235 e. The maximum Gasteiger partial charge on any atom is 0.235 e. The fourth-order valence-electron chi connectivity index (χ4n) is 2.43. The number of hydrogen-bond acceptors (Lipinski definition) is 7. The highest BCUT2D eigenvalue weighted by molar-refractivity contribution is 7.19. The van der Waals surface area contributed by atoms with Crippen LogP contribution in [0.4, 0.5) is 0 Å². The summed E-state index contributed by atoms with van der Waals surface area (Å²) in [5.41, 5.74) is 2.57. The lowest BCUT2D eigenvalue weighted by molar-refractivity contribution is 0.521. The highest BCUT2D eigenvalue weighted by Gasteiger charge is 2.19. The van der Waals surface area contributed by atoms with Crippen molar-refractivity contribution in [3.8, 4) is 22.1 Å². The minimum absolute atomic E-state index is 0.614. The standard InChI is InChI=1S/C14H15N7OS/c1-4-5-20-6-10(8(2)18-20)12-16-17-14-21(12)19-13(23-14)11-7-22-9(3)15-11/h6-7H,4-5H2,1-3H3. The normalized spacial score (nSPS) is 11.6. The van der Waals surface area contributed by atoms with Crippen LogP contribution in [0.1, 0.15) is 24.9 Å². The molecule has 4 rings (SSSR count). The Hall–Kier alpha value is -2.55. The molecule has 23 heavy (non-hydrogen) atoms. The summed E-state index contributed by atoms with van der Waals surface area (Å²) in [6.07, 6.45) is 4.63. The van der Waals surface area contributed by atoms with Gasteiger partial charge in [0.1, 0.15) is 12.0 Å². The van der Waals surface area contributed by atoms with E-state index in [0.717, 1.165) is 34.2 Å². The first-order chi connectivity index (χ1) is 11.2. The largest absolute Gasteiger partial charge is 0.449 e. The van der Waals surface area contributed by atoms with Crippen molar-refractivity contribution in [3.05, 3.63) is 24.0 Å². The molecular weight excluding hydrogens is 314 g/mol. The van der Waals surface area contributed by atoms with Gasteiger partial charge >= 0.3 is 0 Å². The molecule has 9 heteroatoms. The lowest BCUT2D eigenvalue weighted by Crippen LogP contribution is -1.96. The van der Waals surface area contributed by atoms with Crippen molar-refractivity contribution in [3.63, 3.8) is 0 Å². The van der Waals surface area contributed by atoms with Gasteiger partial charge in [-0.15, -0.1) is 10.2 Å². The van der Waals surface area contributed by atoms with E-state index in [2.05, 4.69) is 32.3 Å². The van der Waals surface area contributed by atoms with E-state index >= 15 is 0 Å². The van der Waals surface area contributed by atoms with E-state index in [-0.39, 0.29) is 0 Å². The first-order valence-corrected chi connectivity index (χ1v) is 8.16. The Kier molecular flexibility index (Phi) is 3.22. The first kappa shape index (κ1) is 14.1. The maximum absolute atomic E-state index is 5.25. The third-order valence-corrected chi connectivity index (χ3v) is 4.39. The van der Waals surface area contributed by atoms with Crippen LogP contribution < -0.4 is 0 Å². The minimum atomic E-state index is 0.614. The topological polar surface area (TPSA) is 86.9 Å². The molecule has 0 bridgehead atoms. The monoisotopic (exact) mass is 329 g/mol. The van der Waals surface area contributed by atoms with E-state index in [4.69, 9.17) is 4.42 Å². The number of fused-ring (bicyclic) bond motifs is 1. The van der Waals surface area contributed by atoms with Crippen molar-refractivity contribution in [2.45, 2.75) is 33.7 Å². The van der Waals surface area contributed by atoms with Gasteiger partial charge in [0.2, 0.25) is 4.96 Å². The summed E-state index contributed by atoms with van der Waals surface area (Å²) in [5.74, 6) is 1.31. The molecule has 0 radical (unpaired) electrons. The van der Waals surface area contributed by atoms with Crippen LogP contribution in [0.15, 0.2) is 16.9 Å². The average Bonchev–Trinajstić information content (AvgIpc) is 3.23. The van der Waals surface area contributed by atoms with Gasteiger partial charge in [0.15, 0.2) is 16.7 Å². The van der Waals surface area contributed by atoms with Gasteiger partial charge < -0.3 is 4.42 Å². The van der Waals surface area contributed by atoms with Crippen molar-refractivity contribution in [2.75, 3.05) is 0 Å². The first-order valence-electron chi connectivity index (χ1n) is 7.35. The fourth-order valence-corrected chi connectivity index (χ4v) is 3.22. The molecule has 118 valence electrons. The molecule has 0 aliphatic heterocycles. The second kappa shape index (κ2) is 5.27. The van der Waals surface area contributed by atoms with Crippen LogP contribution in [0.25, 0.3) is 27.1 Å². The molecule has 0 aliphatic rings. The van der Waals surface area contributed by atoms with Gasteiger partial charge in [-0.2, -0.15) is 14.7 Å². The maximum atomic E-state index is 5.25. The van der Waals surface area contributed by atoms with Crippen LogP contribution in [0.2, 0.25) is 0 Å². The zero-order chi connectivity index (χ0) is 16.0. The number of oxazole rings is 1. The van der Waals surface area contributed by atoms with Gasteiger partial charge in [0, 0.05) is 19.7 Å². The Morgan fingerprint density at radius 2 is 2.09 bits per heavy atom. The summed E-state index contributed by atoms with van der Waals surface area (Å²) in [4.78, 5) is 5.03. The fraction of sp³-hybridized carbons (Fsp3) is 0.357. The quantitative estimate of drug-likeness (QED) is 0.572. The molecule has 0 spiro atoms. The predicted molar refractivity (Wildman–Crippen MR) is 85.1 cm³/mol. The molecule has 0 aliphatic carbocycles. The zero-order valence-corrected chi connectivity index (χ0v) is 13.8. The average molecular weight is 329 g/mol. The summed E-state index contributed by atoms with van der Waals surface area (Å²) < 4.78 is 8.92. The van der Waals surface area contributed by atoms with Gasteiger partial charge in [0.25, 0.3) is 0 Å². The Balaban J connectivity index is 1.80. The Bertz CT molecular complexity index is 977. The van der Waals surface area contributed by atoms with E-state index < -0.39 is 0 Å². The summed E-state index contributed by atoms with van der Waals surface area (Å²) in [5, 5.41) is 18.3. The van der Waals surface area contributed by atoms with E-state index in [0.29, 0.717) is 17.4 Å². The lowest BCUT2D eigenvalue weighted by Gasteiger charge is -1.94. The van der Waals surface area contributed by atoms with Gasteiger partial charge in [-0.1, -0.05) is 18.3 Å². The molecule has 0 saturated carbocycles. The highest BCUT2D eigenvalue weighted by Crippen LogP contribution is 2.28. The second-order valence-corrected chi connectivity index (χ2v) is 6.22. The number of aryl methyl sites for hydroxylation is 3. The molecule has 0 aromatic carbocycles. The molecule has 0 saturated heterocycles. The van der Waals surface area contributed by atoms with Crippen LogP contribution in [0.3, 0.4) is 0 Å². The van der Waals surface area contributed by atoms with Gasteiger partial charge in [-0.05, 0) is 13.3 Å². The third-order valence-electron chi connectivity index (χ3n) is 3.47. The van der Waals surface area contributed by atoms with Crippen molar-refractivity contribution in [2.24, 2.45) is 0 Å². The molecular formula is C14H15N7OS. The molecule has 4 aromatic heterocycles. The summed E-state index contributed by atoms with van der Waals surface area (Å²) in [7, 11) is 0. The number of nitrogens with zero attached hydrogens (tertiary/aromatic N) is 7. The molecule has 0 unspecified atom stereocenters. The molecule has 0 N–H and O–H groups in total. The number of aromatic nitrogens is 7. The van der Waals surface area contributed by atoms with Crippen LogP contribution in [-0.4, -0.2) is 34.6 Å². The van der Waals surface area contributed by atoms with E-state index in [1.807, 2.05) is 17.8 Å². The zero-order valence-electron chi connectivity index (χ0n) is 13.0.